The summed E-state index contributed by atoms with van der Waals surface area (Å²) in [6.45, 7) is 10.1. The van der Waals surface area contributed by atoms with Gasteiger partial charge < -0.3 is 14.1 Å². The van der Waals surface area contributed by atoms with Crippen LogP contribution in [0.3, 0.4) is 0 Å². The Morgan fingerprint density at radius 2 is 2.20 bits per heavy atom. The van der Waals surface area contributed by atoms with Crippen LogP contribution in [0.1, 0.15) is 47.8 Å². The summed E-state index contributed by atoms with van der Waals surface area (Å²) in [6.07, 6.45) is 2.24. The lowest BCUT2D eigenvalue weighted by molar-refractivity contribution is 0.0146. The van der Waals surface area contributed by atoms with E-state index in [-0.39, 0.29) is 17.9 Å². The van der Waals surface area contributed by atoms with Gasteiger partial charge in [-0.05, 0) is 57.9 Å². The van der Waals surface area contributed by atoms with E-state index in [1.165, 1.54) is 0 Å². The third kappa shape index (κ3) is 3.58. The normalized spacial score (nSPS) is 22.9. The molecule has 3 atom stereocenters. The number of nitrogens with zero attached hydrogens (tertiary/aromatic N) is 2. The maximum atomic E-state index is 13.1. The van der Waals surface area contributed by atoms with Gasteiger partial charge in [-0.25, -0.2) is 0 Å². The molecule has 3 unspecified atom stereocenters. The number of carbonyl (C=O) groups is 1. The summed E-state index contributed by atoms with van der Waals surface area (Å²) >= 11 is 0. The summed E-state index contributed by atoms with van der Waals surface area (Å²) in [6, 6.07) is 5.57. The van der Waals surface area contributed by atoms with Gasteiger partial charge in [0.25, 0.3) is 0 Å². The number of Topliss-reactive ketones (excluding diaryl/α,β-unsaturated/α-hetero) is 1. The Balaban J connectivity index is 1.78. The molecule has 5 nitrogen and oxygen atoms in total. The molecule has 1 aliphatic rings. The van der Waals surface area contributed by atoms with Crippen LogP contribution in [0.2, 0.25) is 0 Å². The van der Waals surface area contributed by atoms with Gasteiger partial charge in [0.2, 0.25) is 0 Å². The van der Waals surface area contributed by atoms with E-state index in [0.29, 0.717) is 19.0 Å². The fraction of sp³-hybridized carbons (Fsp3) is 0.550. The topological polar surface area (TPSA) is 58.6 Å². The summed E-state index contributed by atoms with van der Waals surface area (Å²) in [5.74, 6) is 1.31. The number of hydrogen-bond acceptors (Lipinski definition) is 4. The zero-order valence-corrected chi connectivity index (χ0v) is 15.5. The average molecular weight is 344 g/mol. The molecule has 1 fully saturated rings. The van der Waals surface area contributed by atoms with Gasteiger partial charge in [0.15, 0.2) is 5.78 Å². The summed E-state index contributed by atoms with van der Waals surface area (Å²) in [5, 5.41) is 10.1. The number of likely N-dealkylation sites (tertiary alicyclic amines) is 1. The molecule has 1 N–H and O–H groups in total. The van der Waals surface area contributed by atoms with Gasteiger partial charge >= 0.3 is 0 Å². The minimum absolute atomic E-state index is 0.126. The largest absolute Gasteiger partial charge is 0.467 e. The number of furan rings is 1. The van der Waals surface area contributed by atoms with Crippen molar-refractivity contribution in [2.24, 2.45) is 5.92 Å². The quantitative estimate of drug-likeness (QED) is 0.847. The van der Waals surface area contributed by atoms with Gasteiger partial charge in [-0.3, -0.25) is 9.69 Å². The van der Waals surface area contributed by atoms with Gasteiger partial charge in [-0.1, -0.05) is 6.92 Å². The maximum Gasteiger partial charge on any atom is 0.181 e. The van der Waals surface area contributed by atoms with Crippen LogP contribution < -0.4 is 0 Å². The molecular weight excluding hydrogens is 316 g/mol. The lowest BCUT2D eigenvalue weighted by Crippen LogP contribution is -2.49. The fourth-order valence-electron chi connectivity index (χ4n) is 3.67. The number of rotatable bonds is 5. The van der Waals surface area contributed by atoms with Gasteiger partial charge in [0, 0.05) is 23.5 Å². The smallest absolute Gasteiger partial charge is 0.181 e. The first-order valence-electron chi connectivity index (χ1n) is 9.04. The summed E-state index contributed by atoms with van der Waals surface area (Å²) in [7, 11) is 0. The van der Waals surface area contributed by atoms with Crippen molar-refractivity contribution in [1.82, 2.24) is 9.47 Å². The van der Waals surface area contributed by atoms with E-state index in [2.05, 4.69) is 16.4 Å². The van der Waals surface area contributed by atoms with Crippen molar-refractivity contribution < 1.29 is 14.3 Å². The second kappa shape index (κ2) is 7.18. The molecule has 0 bridgehead atoms. The molecule has 3 rings (SSSR count). The molecule has 0 aliphatic carbocycles. The number of aliphatic hydroxyl groups excluding tert-OH is 1. The first-order chi connectivity index (χ1) is 11.9. The van der Waals surface area contributed by atoms with E-state index < -0.39 is 0 Å². The van der Waals surface area contributed by atoms with E-state index in [1.54, 1.807) is 6.26 Å². The van der Waals surface area contributed by atoms with Crippen molar-refractivity contribution in [2.45, 2.75) is 52.8 Å². The molecule has 0 radical (unpaired) electrons. The third-order valence-electron chi connectivity index (χ3n) is 5.61. The Kier molecular flexibility index (Phi) is 5.16. The molecule has 0 saturated carbocycles. The number of hydrogen-bond donors (Lipinski definition) is 1. The lowest BCUT2D eigenvalue weighted by Gasteiger charge is -2.37. The zero-order chi connectivity index (χ0) is 18.1. The number of β-amino-alcohol motifs (C(OH)–C–C–N with tert-alkyl or cyclic N) is 1. The van der Waals surface area contributed by atoms with Crippen LogP contribution in [0.25, 0.3) is 0 Å². The third-order valence-corrected chi connectivity index (χ3v) is 5.61. The van der Waals surface area contributed by atoms with Crippen molar-refractivity contribution in [2.75, 3.05) is 13.1 Å². The molecule has 0 amide bonds. The van der Waals surface area contributed by atoms with Crippen LogP contribution in [0, 0.1) is 19.8 Å². The van der Waals surface area contributed by atoms with Crippen molar-refractivity contribution in [1.29, 1.82) is 0 Å². The predicted molar refractivity (Wildman–Crippen MR) is 96.9 cm³/mol. The number of carbonyl (C=O) groups excluding carboxylic acids is 1. The first-order valence-corrected chi connectivity index (χ1v) is 9.04. The van der Waals surface area contributed by atoms with Crippen LogP contribution >= 0.6 is 0 Å². The minimum atomic E-state index is -0.351. The first kappa shape index (κ1) is 18.0. The van der Waals surface area contributed by atoms with Crippen LogP contribution in [-0.2, 0) is 6.54 Å². The second-order valence-corrected chi connectivity index (χ2v) is 7.32. The molecule has 2 aromatic rings. The molecule has 5 heteroatoms. The number of piperidine rings is 1. The molecular formula is C20H28N2O3. The van der Waals surface area contributed by atoms with Gasteiger partial charge in [-0.2, -0.15) is 0 Å². The van der Waals surface area contributed by atoms with E-state index in [4.69, 9.17) is 4.42 Å². The molecule has 2 aromatic heterocycles. The average Bonchev–Trinajstić information content (AvgIpc) is 3.20. The Bertz CT molecular complexity index is 732. The highest BCUT2D eigenvalue weighted by molar-refractivity contribution is 6.01. The van der Waals surface area contributed by atoms with E-state index in [9.17, 15) is 9.90 Å². The molecule has 0 aromatic carbocycles. The van der Waals surface area contributed by atoms with E-state index in [0.717, 1.165) is 35.7 Å². The van der Waals surface area contributed by atoms with Gasteiger partial charge in [0.05, 0.1) is 25.0 Å². The molecule has 136 valence electrons. The highest BCUT2D eigenvalue weighted by Crippen LogP contribution is 2.23. The fourth-order valence-corrected chi connectivity index (χ4v) is 3.67. The van der Waals surface area contributed by atoms with Crippen LogP contribution in [-0.4, -0.2) is 45.6 Å². The Morgan fingerprint density at radius 1 is 1.44 bits per heavy atom. The van der Waals surface area contributed by atoms with Gasteiger partial charge in [0.1, 0.15) is 5.76 Å². The summed E-state index contributed by atoms with van der Waals surface area (Å²) in [5.41, 5.74) is 2.79. The highest BCUT2D eigenvalue weighted by atomic mass is 16.3. The number of aromatic nitrogens is 1. The van der Waals surface area contributed by atoms with Crippen molar-refractivity contribution in [3.8, 4) is 0 Å². The lowest BCUT2D eigenvalue weighted by atomic mass is 9.93. The number of aliphatic hydroxyl groups is 1. The van der Waals surface area contributed by atoms with E-state index in [1.807, 2.05) is 39.0 Å². The minimum Gasteiger partial charge on any atom is -0.467 e. The summed E-state index contributed by atoms with van der Waals surface area (Å²) < 4.78 is 7.56. The SMILES string of the molecule is Cc1cc(C(=O)C(C)N2CCC(C)C(O)C2)c(C)n1Cc1ccco1. The standard InChI is InChI=1S/C20H28N2O3/c1-13-7-8-21(12-19(13)23)16(4)20(24)18-10-14(2)22(15(18)3)11-17-6-5-9-25-17/h5-6,9-10,13,16,19,23H,7-8,11-12H2,1-4H3. The molecule has 25 heavy (non-hydrogen) atoms. The zero-order valence-electron chi connectivity index (χ0n) is 15.5. The Labute approximate surface area is 149 Å². The Hall–Kier alpha value is -1.85. The maximum absolute atomic E-state index is 13.1. The summed E-state index contributed by atoms with van der Waals surface area (Å²) in [4.78, 5) is 15.2. The van der Waals surface area contributed by atoms with Crippen LogP contribution in [0.4, 0.5) is 0 Å². The molecule has 1 saturated heterocycles. The highest BCUT2D eigenvalue weighted by Gasteiger charge is 2.31. The Morgan fingerprint density at radius 3 is 2.84 bits per heavy atom. The molecule has 3 heterocycles. The van der Waals surface area contributed by atoms with Crippen molar-refractivity contribution in [3.63, 3.8) is 0 Å². The number of ketones is 1. The molecule has 1 aliphatic heterocycles. The number of aryl methyl sites for hydroxylation is 1. The van der Waals surface area contributed by atoms with Gasteiger partial charge in [-0.15, -0.1) is 0 Å². The van der Waals surface area contributed by atoms with E-state index >= 15 is 0 Å². The van der Waals surface area contributed by atoms with Crippen molar-refractivity contribution >= 4 is 5.78 Å². The monoisotopic (exact) mass is 344 g/mol. The van der Waals surface area contributed by atoms with Crippen molar-refractivity contribution in [3.05, 3.63) is 47.2 Å². The molecule has 0 spiro atoms. The second-order valence-electron chi connectivity index (χ2n) is 7.32. The predicted octanol–water partition coefficient (Wildman–Crippen LogP) is 3.02. The van der Waals surface area contributed by atoms with Crippen LogP contribution in [0.5, 0.6) is 0 Å². The van der Waals surface area contributed by atoms with Crippen LogP contribution in [0.15, 0.2) is 28.9 Å².